The minimum atomic E-state index is -1.24. The second-order valence-electron chi connectivity index (χ2n) is 3.51. The fourth-order valence-electron chi connectivity index (χ4n) is 1.76. The molecule has 1 heterocycles. The van der Waals surface area contributed by atoms with Gasteiger partial charge >= 0.3 is 6.03 Å². The van der Waals surface area contributed by atoms with E-state index in [1.165, 1.54) is 0 Å². The van der Waals surface area contributed by atoms with Gasteiger partial charge in [-0.25, -0.2) is 4.79 Å². The third-order valence-electron chi connectivity index (χ3n) is 2.55. The molecule has 1 saturated heterocycles. The Morgan fingerprint density at radius 3 is 2.44 bits per heavy atom. The molecule has 16 heavy (non-hydrogen) atoms. The van der Waals surface area contributed by atoms with Crippen molar-refractivity contribution in [1.82, 2.24) is 10.6 Å². The summed E-state index contributed by atoms with van der Waals surface area (Å²) in [7, 11) is 0. The molecule has 1 fully saturated rings. The molecule has 5 nitrogen and oxygen atoms in total. The summed E-state index contributed by atoms with van der Waals surface area (Å²) in [6, 6.07) is 10.1. The van der Waals surface area contributed by atoms with Gasteiger partial charge in [-0.05, 0) is 5.56 Å². The van der Waals surface area contributed by atoms with Crippen LogP contribution in [-0.4, -0.2) is 11.9 Å². The van der Waals surface area contributed by atoms with Gasteiger partial charge in [0.05, 0.1) is 12.5 Å². The predicted octanol–water partition coefficient (Wildman–Crippen LogP) is 0.635. The number of carbonyl (C=O) groups excluding carboxylic acids is 2. The van der Waals surface area contributed by atoms with Gasteiger partial charge in [-0.15, -0.1) is 0 Å². The number of hydrogen-bond acceptors (Lipinski definition) is 3. The van der Waals surface area contributed by atoms with E-state index in [9.17, 15) is 9.59 Å². The van der Waals surface area contributed by atoms with Crippen LogP contribution in [0.1, 0.15) is 12.0 Å². The Morgan fingerprint density at radius 1 is 1.25 bits per heavy atom. The maximum Gasteiger partial charge on any atom is 0.322 e. The molecule has 3 amide bonds. The van der Waals surface area contributed by atoms with Gasteiger partial charge in [0, 0.05) is 0 Å². The highest BCUT2D eigenvalue weighted by atomic mass is 16.2. The zero-order valence-corrected chi connectivity index (χ0v) is 8.36. The van der Waals surface area contributed by atoms with Crippen LogP contribution in [0, 0.1) is 11.3 Å². The largest absolute Gasteiger partial charge is 0.322 e. The first-order valence-electron chi connectivity index (χ1n) is 4.75. The van der Waals surface area contributed by atoms with Crippen molar-refractivity contribution < 1.29 is 9.59 Å². The fourth-order valence-corrected chi connectivity index (χ4v) is 1.76. The molecule has 0 saturated carbocycles. The minimum Gasteiger partial charge on any atom is -0.318 e. The van der Waals surface area contributed by atoms with E-state index in [0.717, 1.165) is 0 Å². The smallest absolute Gasteiger partial charge is 0.318 e. The molecule has 1 atom stereocenters. The molecule has 0 radical (unpaired) electrons. The minimum absolute atomic E-state index is 0.0887. The number of urea groups is 1. The van der Waals surface area contributed by atoms with E-state index in [1.807, 2.05) is 6.07 Å². The van der Waals surface area contributed by atoms with E-state index in [2.05, 4.69) is 10.6 Å². The van der Waals surface area contributed by atoms with Gasteiger partial charge in [0.1, 0.15) is 0 Å². The summed E-state index contributed by atoms with van der Waals surface area (Å²) in [5.74, 6) is -0.481. The predicted molar refractivity (Wildman–Crippen MR) is 55.0 cm³/mol. The number of imide groups is 1. The van der Waals surface area contributed by atoms with Crippen molar-refractivity contribution in [3.05, 3.63) is 35.9 Å². The molecular formula is C11H9N3O2. The molecule has 2 rings (SSSR count). The van der Waals surface area contributed by atoms with E-state index in [1.54, 1.807) is 30.3 Å². The lowest BCUT2D eigenvalue weighted by Crippen LogP contribution is -2.43. The number of nitriles is 1. The van der Waals surface area contributed by atoms with Crippen LogP contribution in [0.4, 0.5) is 4.79 Å². The molecule has 0 bridgehead atoms. The van der Waals surface area contributed by atoms with Crippen molar-refractivity contribution in [3.63, 3.8) is 0 Å². The molecule has 0 aromatic heterocycles. The Kier molecular flexibility index (Phi) is 2.33. The SMILES string of the molecule is N#CCC1(c2ccccc2)NC(=O)NC1=O. The first-order chi connectivity index (χ1) is 7.69. The standard InChI is InChI=1S/C11H9N3O2/c12-7-6-11(8-4-2-1-3-5-8)9(15)13-10(16)14-11/h1-5H,6H2,(H2,13,14,15,16). The van der Waals surface area contributed by atoms with Gasteiger partial charge in [-0.3, -0.25) is 10.1 Å². The number of rotatable bonds is 2. The van der Waals surface area contributed by atoms with Gasteiger partial charge in [0.15, 0.2) is 5.54 Å². The van der Waals surface area contributed by atoms with Crippen LogP contribution in [0.15, 0.2) is 30.3 Å². The number of nitrogens with zero attached hydrogens (tertiary/aromatic N) is 1. The van der Waals surface area contributed by atoms with E-state index >= 15 is 0 Å². The molecule has 0 spiro atoms. The van der Waals surface area contributed by atoms with Gasteiger partial charge in [-0.2, -0.15) is 5.26 Å². The van der Waals surface area contributed by atoms with Gasteiger partial charge in [0.25, 0.3) is 5.91 Å². The second kappa shape index (κ2) is 3.66. The van der Waals surface area contributed by atoms with Crippen molar-refractivity contribution in [3.8, 4) is 6.07 Å². The third-order valence-corrected chi connectivity index (χ3v) is 2.55. The lowest BCUT2D eigenvalue weighted by atomic mass is 9.87. The highest BCUT2D eigenvalue weighted by Crippen LogP contribution is 2.27. The summed E-state index contributed by atoms with van der Waals surface area (Å²) in [5.41, 5.74) is -0.632. The zero-order valence-electron chi connectivity index (χ0n) is 8.36. The summed E-state index contributed by atoms with van der Waals surface area (Å²) in [5, 5.41) is 13.4. The Bertz CT molecular complexity index is 478. The molecule has 2 N–H and O–H groups in total. The zero-order chi connectivity index (χ0) is 11.6. The topological polar surface area (TPSA) is 82.0 Å². The summed E-state index contributed by atoms with van der Waals surface area (Å²) >= 11 is 0. The Hall–Kier alpha value is -2.35. The number of carbonyl (C=O) groups is 2. The van der Waals surface area contributed by atoms with Crippen molar-refractivity contribution in [2.75, 3.05) is 0 Å². The van der Waals surface area contributed by atoms with Crippen molar-refractivity contribution in [2.45, 2.75) is 12.0 Å². The summed E-state index contributed by atoms with van der Waals surface area (Å²) in [6.07, 6.45) is -0.0887. The molecule has 80 valence electrons. The average Bonchev–Trinajstić information content (AvgIpc) is 2.57. The Labute approximate surface area is 92.1 Å². The van der Waals surface area contributed by atoms with Crippen LogP contribution in [0.5, 0.6) is 0 Å². The van der Waals surface area contributed by atoms with Crippen LogP contribution in [0.3, 0.4) is 0 Å². The van der Waals surface area contributed by atoms with Crippen LogP contribution in [-0.2, 0) is 10.3 Å². The number of amides is 3. The molecule has 0 aliphatic carbocycles. The van der Waals surface area contributed by atoms with E-state index in [-0.39, 0.29) is 6.42 Å². The Morgan fingerprint density at radius 2 is 1.94 bits per heavy atom. The molecule has 1 aromatic carbocycles. The van der Waals surface area contributed by atoms with E-state index < -0.39 is 17.5 Å². The van der Waals surface area contributed by atoms with Gasteiger partial charge < -0.3 is 5.32 Å². The second-order valence-corrected chi connectivity index (χ2v) is 3.51. The first kappa shape index (κ1) is 10.2. The highest BCUT2D eigenvalue weighted by molar-refractivity contribution is 6.07. The van der Waals surface area contributed by atoms with Crippen molar-refractivity contribution >= 4 is 11.9 Å². The van der Waals surface area contributed by atoms with Gasteiger partial charge in [0.2, 0.25) is 0 Å². The molecule has 1 unspecified atom stereocenters. The molecule has 1 aromatic rings. The molecule has 1 aliphatic rings. The average molecular weight is 215 g/mol. The maximum atomic E-state index is 11.8. The quantitative estimate of drug-likeness (QED) is 0.710. The van der Waals surface area contributed by atoms with Gasteiger partial charge in [-0.1, -0.05) is 30.3 Å². The first-order valence-corrected chi connectivity index (χ1v) is 4.75. The fraction of sp³-hybridized carbons (Fsp3) is 0.182. The van der Waals surface area contributed by atoms with E-state index in [4.69, 9.17) is 5.26 Å². The summed E-state index contributed by atoms with van der Waals surface area (Å²) < 4.78 is 0. The summed E-state index contributed by atoms with van der Waals surface area (Å²) in [6.45, 7) is 0. The molecule has 5 heteroatoms. The number of hydrogen-bond donors (Lipinski definition) is 2. The summed E-state index contributed by atoms with van der Waals surface area (Å²) in [4.78, 5) is 22.9. The maximum absolute atomic E-state index is 11.8. The Balaban J connectivity index is 2.49. The number of nitrogens with one attached hydrogen (secondary N) is 2. The normalized spacial score (nSPS) is 23.4. The lowest BCUT2D eigenvalue weighted by molar-refractivity contribution is -0.124. The van der Waals surface area contributed by atoms with Crippen LogP contribution in [0.25, 0.3) is 0 Å². The molecule has 1 aliphatic heterocycles. The van der Waals surface area contributed by atoms with Crippen LogP contribution < -0.4 is 10.6 Å². The van der Waals surface area contributed by atoms with Crippen molar-refractivity contribution in [2.24, 2.45) is 0 Å². The molecular weight excluding hydrogens is 206 g/mol. The third kappa shape index (κ3) is 1.41. The van der Waals surface area contributed by atoms with Crippen LogP contribution in [0.2, 0.25) is 0 Å². The van der Waals surface area contributed by atoms with Crippen LogP contribution >= 0.6 is 0 Å². The number of benzene rings is 1. The highest BCUT2D eigenvalue weighted by Gasteiger charge is 2.47. The monoisotopic (exact) mass is 215 g/mol. The van der Waals surface area contributed by atoms with Crippen molar-refractivity contribution in [1.29, 1.82) is 5.26 Å². The lowest BCUT2D eigenvalue weighted by Gasteiger charge is -2.23. The van der Waals surface area contributed by atoms with E-state index in [0.29, 0.717) is 5.56 Å².